The molecule has 1 saturated heterocycles. The molecule has 3 N–H and O–H groups in total. The molecule has 0 saturated carbocycles. The molecule has 0 aromatic rings. The zero-order valence-electron chi connectivity index (χ0n) is 10.8. The Morgan fingerprint density at radius 2 is 2.22 bits per heavy atom. The summed E-state index contributed by atoms with van der Waals surface area (Å²) in [6.45, 7) is 2.94. The molecular weight excluding hydrogens is 252 g/mol. The predicted molar refractivity (Wildman–Crippen MR) is 72.6 cm³/mol. The Balaban J connectivity index is 2.33. The lowest BCUT2D eigenvalue weighted by Gasteiger charge is -2.35. The number of carbonyl (C=O) groups excluding carboxylic acids is 1. The van der Waals surface area contributed by atoms with E-state index in [1.807, 2.05) is 4.90 Å². The van der Waals surface area contributed by atoms with E-state index in [9.17, 15) is 9.59 Å². The Kier molecular flexibility index (Phi) is 6.49. The minimum absolute atomic E-state index is 0.115. The van der Waals surface area contributed by atoms with Crippen LogP contribution in [0.5, 0.6) is 0 Å². The molecule has 0 radical (unpaired) electrons. The van der Waals surface area contributed by atoms with Crippen LogP contribution in [-0.2, 0) is 9.59 Å². The van der Waals surface area contributed by atoms with Crippen molar-refractivity contribution < 1.29 is 14.7 Å². The van der Waals surface area contributed by atoms with E-state index in [-0.39, 0.29) is 11.7 Å². The van der Waals surface area contributed by atoms with Gasteiger partial charge in [0.1, 0.15) is 6.04 Å². The second kappa shape index (κ2) is 7.63. The number of hydrogen-bond acceptors (Lipinski definition) is 4. The van der Waals surface area contributed by atoms with E-state index >= 15 is 0 Å². The van der Waals surface area contributed by atoms with Gasteiger partial charge in [0.15, 0.2) is 0 Å². The molecule has 104 valence electrons. The first-order chi connectivity index (χ1) is 8.56. The molecule has 1 rings (SSSR count). The number of nitrogens with zero attached hydrogens (tertiary/aromatic N) is 1. The summed E-state index contributed by atoms with van der Waals surface area (Å²) in [7, 11) is 0. The van der Waals surface area contributed by atoms with Crippen LogP contribution in [0.25, 0.3) is 0 Å². The van der Waals surface area contributed by atoms with Crippen LogP contribution >= 0.6 is 11.8 Å². The molecule has 2 atom stereocenters. The number of likely N-dealkylation sites (tertiary alicyclic amines) is 1. The summed E-state index contributed by atoms with van der Waals surface area (Å²) in [5, 5.41) is 8.64. The highest BCUT2D eigenvalue weighted by Crippen LogP contribution is 2.20. The summed E-state index contributed by atoms with van der Waals surface area (Å²) in [6.07, 6.45) is 4.34. The van der Waals surface area contributed by atoms with Crippen molar-refractivity contribution in [1.82, 2.24) is 4.90 Å². The van der Waals surface area contributed by atoms with Gasteiger partial charge in [-0.05, 0) is 25.7 Å². The SMILES string of the molecule is CCC1CCCCN1C(=O)CSC[C@@H](N)C(=O)O. The first-order valence-electron chi connectivity index (χ1n) is 6.41. The third-order valence-electron chi connectivity index (χ3n) is 3.26. The van der Waals surface area contributed by atoms with Gasteiger partial charge in [-0.15, -0.1) is 11.8 Å². The Bertz CT molecular complexity index is 299. The van der Waals surface area contributed by atoms with Gasteiger partial charge in [-0.2, -0.15) is 0 Å². The number of nitrogens with two attached hydrogens (primary N) is 1. The normalized spacial score (nSPS) is 21.7. The molecule has 1 amide bonds. The Morgan fingerprint density at radius 1 is 1.50 bits per heavy atom. The van der Waals surface area contributed by atoms with Gasteiger partial charge in [-0.3, -0.25) is 9.59 Å². The summed E-state index contributed by atoms with van der Waals surface area (Å²) in [6, 6.07) is -0.522. The first kappa shape index (κ1) is 15.3. The molecular formula is C12H22N2O3S. The van der Waals surface area contributed by atoms with E-state index in [0.717, 1.165) is 25.8 Å². The quantitative estimate of drug-likeness (QED) is 0.752. The van der Waals surface area contributed by atoms with Gasteiger partial charge in [-0.1, -0.05) is 6.92 Å². The van der Waals surface area contributed by atoms with E-state index in [1.54, 1.807) is 0 Å². The molecule has 0 bridgehead atoms. The van der Waals surface area contributed by atoms with E-state index in [4.69, 9.17) is 10.8 Å². The van der Waals surface area contributed by atoms with E-state index < -0.39 is 12.0 Å². The van der Waals surface area contributed by atoms with Crippen molar-refractivity contribution in [3.63, 3.8) is 0 Å². The fraction of sp³-hybridized carbons (Fsp3) is 0.833. The fourth-order valence-electron chi connectivity index (χ4n) is 2.18. The molecule has 0 aromatic carbocycles. The molecule has 0 aliphatic carbocycles. The van der Waals surface area contributed by atoms with Crippen LogP contribution in [-0.4, -0.2) is 52.0 Å². The molecule has 18 heavy (non-hydrogen) atoms. The fourth-order valence-corrected chi connectivity index (χ4v) is 3.04. The van der Waals surface area contributed by atoms with Gasteiger partial charge in [-0.25, -0.2) is 0 Å². The van der Waals surface area contributed by atoms with E-state index in [2.05, 4.69) is 6.92 Å². The molecule has 0 aromatic heterocycles. The molecule has 1 aliphatic rings. The lowest BCUT2D eigenvalue weighted by Crippen LogP contribution is -2.44. The molecule has 6 heteroatoms. The smallest absolute Gasteiger partial charge is 0.321 e. The largest absolute Gasteiger partial charge is 0.480 e. The maximum atomic E-state index is 12.0. The number of rotatable bonds is 6. The predicted octanol–water partition coefficient (Wildman–Crippen LogP) is 0.923. The van der Waals surface area contributed by atoms with Crippen molar-refractivity contribution in [1.29, 1.82) is 0 Å². The van der Waals surface area contributed by atoms with Crippen LogP contribution in [0.15, 0.2) is 0 Å². The third-order valence-corrected chi connectivity index (χ3v) is 4.30. The second-order valence-electron chi connectivity index (χ2n) is 4.60. The van der Waals surface area contributed by atoms with Crippen LogP contribution in [0.2, 0.25) is 0 Å². The van der Waals surface area contributed by atoms with Gasteiger partial charge >= 0.3 is 5.97 Å². The van der Waals surface area contributed by atoms with Crippen molar-refractivity contribution in [2.24, 2.45) is 5.73 Å². The highest BCUT2D eigenvalue weighted by atomic mass is 32.2. The summed E-state index contributed by atoms with van der Waals surface area (Å²) < 4.78 is 0. The standard InChI is InChI=1S/C12H22N2O3S/c1-2-9-5-3-4-6-14(9)11(15)8-18-7-10(13)12(16)17/h9-10H,2-8,13H2,1H3,(H,16,17)/t9?,10-/m1/s1. The number of carboxylic acids is 1. The first-order valence-corrected chi connectivity index (χ1v) is 7.57. The third kappa shape index (κ3) is 4.49. The van der Waals surface area contributed by atoms with Crippen LogP contribution < -0.4 is 5.73 Å². The molecule has 5 nitrogen and oxygen atoms in total. The molecule has 1 heterocycles. The summed E-state index contributed by atoms with van der Waals surface area (Å²) in [5.74, 6) is -0.285. The molecule has 0 spiro atoms. The van der Waals surface area contributed by atoms with E-state index in [1.165, 1.54) is 18.2 Å². The summed E-state index contributed by atoms with van der Waals surface area (Å²) in [5.41, 5.74) is 5.39. The van der Waals surface area contributed by atoms with Crippen LogP contribution in [0.4, 0.5) is 0 Å². The Morgan fingerprint density at radius 3 is 2.83 bits per heavy atom. The summed E-state index contributed by atoms with van der Waals surface area (Å²) in [4.78, 5) is 24.5. The van der Waals surface area contributed by atoms with Crippen molar-refractivity contribution >= 4 is 23.6 Å². The highest BCUT2D eigenvalue weighted by Gasteiger charge is 2.25. The van der Waals surface area contributed by atoms with Crippen molar-refractivity contribution in [3.8, 4) is 0 Å². The van der Waals surface area contributed by atoms with E-state index in [0.29, 0.717) is 11.8 Å². The van der Waals surface area contributed by atoms with Crippen molar-refractivity contribution in [2.45, 2.75) is 44.7 Å². The number of amides is 1. The Labute approximate surface area is 112 Å². The number of carbonyl (C=O) groups is 2. The van der Waals surface area contributed by atoms with Crippen LogP contribution in [0.3, 0.4) is 0 Å². The molecule has 1 aliphatic heterocycles. The van der Waals surface area contributed by atoms with Gasteiger partial charge in [0.25, 0.3) is 0 Å². The zero-order chi connectivity index (χ0) is 13.5. The summed E-state index contributed by atoms with van der Waals surface area (Å²) >= 11 is 1.31. The Hall–Kier alpha value is -0.750. The van der Waals surface area contributed by atoms with Gasteiger partial charge in [0, 0.05) is 18.3 Å². The molecule has 1 fully saturated rings. The second-order valence-corrected chi connectivity index (χ2v) is 5.64. The maximum Gasteiger partial charge on any atom is 0.321 e. The van der Waals surface area contributed by atoms with Crippen LogP contribution in [0.1, 0.15) is 32.6 Å². The van der Waals surface area contributed by atoms with Crippen molar-refractivity contribution in [3.05, 3.63) is 0 Å². The highest BCUT2D eigenvalue weighted by molar-refractivity contribution is 8.00. The number of piperidine rings is 1. The minimum Gasteiger partial charge on any atom is -0.480 e. The van der Waals surface area contributed by atoms with Crippen molar-refractivity contribution in [2.75, 3.05) is 18.1 Å². The zero-order valence-corrected chi connectivity index (χ0v) is 11.6. The average molecular weight is 274 g/mol. The average Bonchev–Trinajstić information content (AvgIpc) is 2.38. The number of hydrogen-bond donors (Lipinski definition) is 2. The number of carboxylic acid groups (broad SMARTS) is 1. The molecule has 1 unspecified atom stereocenters. The van der Waals surface area contributed by atoms with Crippen LogP contribution in [0, 0.1) is 0 Å². The number of thioether (sulfide) groups is 1. The maximum absolute atomic E-state index is 12.0. The topological polar surface area (TPSA) is 83.6 Å². The van der Waals surface area contributed by atoms with Gasteiger partial charge < -0.3 is 15.7 Å². The van der Waals surface area contributed by atoms with Gasteiger partial charge in [0.2, 0.25) is 5.91 Å². The lowest BCUT2D eigenvalue weighted by molar-refractivity contribution is -0.138. The number of aliphatic carboxylic acids is 1. The monoisotopic (exact) mass is 274 g/mol. The minimum atomic E-state index is -1.01. The lowest BCUT2D eigenvalue weighted by atomic mass is 10.0. The van der Waals surface area contributed by atoms with Gasteiger partial charge in [0.05, 0.1) is 5.75 Å².